The quantitative estimate of drug-likeness (QED) is 0.774. The van der Waals surface area contributed by atoms with Gasteiger partial charge in [-0.2, -0.15) is 4.98 Å². The summed E-state index contributed by atoms with van der Waals surface area (Å²) in [5, 5.41) is 14.9. The molecule has 0 aliphatic heterocycles. The number of aliphatic hydroxyl groups excluding tert-OH is 1. The molecule has 0 bridgehead atoms. The summed E-state index contributed by atoms with van der Waals surface area (Å²) < 4.78 is 4.56. The second-order valence-electron chi connectivity index (χ2n) is 3.57. The number of hydrogen-bond acceptors (Lipinski definition) is 5. The minimum absolute atomic E-state index is 0.196. The smallest absolute Gasteiger partial charge is 0.251 e. The number of benzene rings is 1. The number of rotatable bonds is 3. The molecular weight excluding hydrogens is 246 g/mol. The standard InChI is InChI=1S/C13H11N3O3/c17-6-2-4-10-3-1-5-11(7-10)13(18)14-8-12-15-9-19-16-12/h1,3,5,7,9,17H,6,8H2,(H,14,18). The molecule has 2 aromatic rings. The lowest BCUT2D eigenvalue weighted by atomic mass is 10.1. The maximum Gasteiger partial charge on any atom is 0.251 e. The van der Waals surface area contributed by atoms with E-state index in [1.54, 1.807) is 24.3 Å². The predicted molar refractivity (Wildman–Crippen MR) is 65.9 cm³/mol. The lowest BCUT2D eigenvalue weighted by Crippen LogP contribution is -2.23. The molecule has 0 spiro atoms. The van der Waals surface area contributed by atoms with Crippen LogP contribution in [0.5, 0.6) is 0 Å². The molecule has 0 saturated carbocycles. The molecule has 0 aliphatic carbocycles. The van der Waals surface area contributed by atoms with Crippen molar-refractivity contribution in [2.75, 3.05) is 6.61 Å². The van der Waals surface area contributed by atoms with Crippen LogP contribution in [0, 0.1) is 11.8 Å². The van der Waals surface area contributed by atoms with E-state index in [1.165, 1.54) is 6.39 Å². The molecule has 1 heterocycles. The van der Waals surface area contributed by atoms with Crippen LogP contribution >= 0.6 is 0 Å². The van der Waals surface area contributed by atoms with Gasteiger partial charge in [-0.15, -0.1) is 0 Å². The van der Waals surface area contributed by atoms with Crippen LogP contribution in [0.15, 0.2) is 35.2 Å². The van der Waals surface area contributed by atoms with Crippen LogP contribution in [-0.4, -0.2) is 27.8 Å². The second-order valence-corrected chi connectivity index (χ2v) is 3.57. The summed E-state index contributed by atoms with van der Waals surface area (Å²) in [6.45, 7) is -0.0177. The van der Waals surface area contributed by atoms with Crippen molar-refractivity contribution in [2.24, 2.45) is 0 Å². The molecule has 2 rings (SSSR count). The summed E-state index contributed by atoms with van der Waals surface area (Å²) in [4.78, 5) is 15.7. The van der Waals surface area contributed by atoms with Gasteiger partial charge in [0, 0.05) is 11.1 Å². The van der Waals surface area contributed by atoms with E-state index in [4.69, 9.17) is 5.11 Å². The summed E-state index contributed by atoms with van der Waals surface area (Å²) in [6, 6.07) is 6.81. The molecular formula is C13H11N3O3. The summed E-state index contributed by atoms with van der Waals surface area (Å²) >= 11 is 0. The van der Waals surface area contributed by atoms with Gasteiger partial charge in [0.25, 0.3) is 5.91 Å². The number of nitrogens with zero attached hydrogens (tertiary/aromatic N) is 2. The Hall–Kier alpha value is -2.65. The van der Waals surface area contributed by atoms with Gasteiger partial charge in [0.2, 0.25) is 6.39 Å². The fraction of sp³-hybridized carbons (Fsp3) is 0.154. The van der Waals surface area contributed by atoms with E-state index in [-0.39, 0.29) is 19.1 Å². The van der Waals surface area contributed by atoms with E-state index in [0.717, 1.165) is 0 Å². The molecule has 19 heavy (non-hydrogen) atoms. The van der Waals surface area contributed by atoms with Gasteiger partial charge in [-0.05, 0) is 18.2 Å². The highest BCUT2D eigenvalue weighted by atomic mass is 16.5. The molecule has 0 saturated heterocycles. The number of carbonyl (C=O) groups is 1. The van der Waals surface area contributed by atoms with Gasteiger partial charge in [-0.25, -0.2) is 0 Å². The van der Waals surface area contributed by atoms with Gasteiger partial charge in [-0.3, -0.25) is 4.79 Å². The van der Waals surface area contributed by atoms with Crippen molar-refractivity contribution in [3.8, 4) is 11.8 Å². The molecule has 1 aromatic heterocycles. The Morgan fingerprint density at radius 1 is 1.47 bits per heavy atom. The second kappa shape index (κ2) is 6.33. The summed E-state index contributed by atoms with van der Waals surface area (Å²) in [5.74, 6) is 5.42. The van der Waals surface area contributed by atoms with E-state index in [1.807, 2.05) is 0 Å². The maximum atomic E-state index is 11.9. The Morgan fingerprint density at radius 2 is 2.37 bits per heavy atom. The summed E-state index contributed by atoms with van der Waals surface area (Å²) in [6.07, 6.45) is 1.20. The highest BCUT2D eigenvalue weighted by Gasteiger charge is 2.07. The Labute approximate surface area is 109 Å². The lowest BCUT2D eigenvalue weighted by molar-refractivity contribution is 0.0949. The first-order valence-electron chi connectivity index (χ1n) is 5.53. The van der Waals surface area contributed by atoms with Crippen LogP contribution in [0.25, 0.3) is 0 Å². The number of carbonyl (C=O) groups excluding carboxylic acids is 1. The van der Waals surface area contributed by atoms with Crippen LogP contribution in [0.4, 0.5) is 0 Å². The molecule has 0 atom stereocenters. The van der Waals surface area contributed by atoms with E-state index >= 15 is 0 Å². The highest BCUT2D eigenvalue weighted by molar-refractivity contribution is 5.94. The highest BCUT2D eigenvalue weighted by Crippen LogP contribution is 2.04. The van der Waals surface area contributed by atoms with Gasteiger partial charge in [0.1, 0.15) is 6.61 Å². The third kappa shape index (κ3) is 3.66. The molecule has 0 fully saturated rings. The number of amides is 1. The molecule has 0 radical (unpaired) electrons. The van der Waals surface area contributed by atoms with Crippen molar-refractivity contribution >= 4 is 5.91 Å². The third-order valence-corrected chi connectivity index (χ3v) is 2.25. The van der Waals surface area contributed by atoms with Crippen molar-refractivity contribution in [3.05, 3.63) is 47.6 Å². The average molecular weight is 257 g/mol. The first kappa shape index (κ1) is 12.8. The monoisotopic (exact) mass is 257 g/mol. The molecule has 1 amide bonds. The van der Waals surface area contributed by atoms with Crippen molar-refractivity contribution in [3.63, 3.8) is 0 Å². The number of hydrogen-bond donors (Lipinski definition) is 2. The molecule has 0 aliphatic rings. The predicted octanol–water partition coefficient (Wildman–Crippen LogP) is 0.343. The average Bonchev–Trinajstić information content (AvgIpc) is 2.96. The Kier molecular flexibility index (Phi) is 4.26. The van der Waals surface area contributed by atoms with E-state index in [0.29, 0.717) is 17.0 Å². The van der Waals surface area contributed by atoms with Crippen molar-refractivity contribution in [2.45, 2.75) is 6.54 Å². The third-order valence-electron chi connectivity index (χ3n) is 2.25. The first-order chi connectivity index (χ1) is 9.29. The van der Waals surface area contributed by atoms with E-state index < -0.39 is 0 Å². The Balaban J connectivity index is 2.02. The molecule has 0 unspecified atom stereocenters. The van der Waals surface area contributed by atoms with Crippen molar-refractivity contribution < 1.29 is 14.4 Å². The molecule has 6 heteroatoms. The fourth-order valence-electron chi connectivity index (χ4n) is 1.41. The fourth-order valence-corrected chi connectivity index (χ4v) is 1.41. The normalized spacial score (nSPS) is 9.53. The number of nitrogens with one attached hydrogen (secondary N) is 1. The Bertz CT molecular complexity index is 612. The minimum Gasteiger partial charge on any atom is -0.384 e. The summed E-state index contributed by atoms with van der Waals surface area (Å²) in [5.41, 5.74) is 1.15. The Morgan fingerprint density at radius 3 is 3.11 bits per heavy atom. The molecule has 2 N–H and O–H groups in total. The topological polar surface area (TPSA) is 88.3 Å². The van der Waals surface area contributed by atoms with Gasteiger partial charge >= 0.3 is 0 Å². The zero-order valence-corrected chi connectivity index (χ0v) is 9.96. The first-order valence-corrected chi connectivity index (χ1v) is 5.53. The maximum absolute atomic E-state index is 11.9. The van der Waals surface area contributed by atoms with E-state index in [9.17, 15) is 4.79 Å². The molecule has 96 valence electrons. The number of aliphatic hydroxyl groups is 1. The van der Waals surface area contributed by atoms with Crippen molar-refractivity contribution in [1.29, 1.82) is 0 Å². The van der Waals surface area contributed by atoms with E-state index in [2.05, 4.69) is 31.8 Å². The van der Waals surface area contributed by atoms with Crippen LogP contribution in [0.2, 0.25) is 0 Å². The van der Waals surface area contributed by atoms with Gasteiger partial charge in [0.05, 0.1) is 6.54 Å². The molecule has 1 aromatic carbocycles. The van der Waals surface area contributed by atoms with Crippen LogP contribution in [0.1, 0.15) is 21.7 Å². The van der Waals surface area contributed by atoms with Gasteiger partial charge in [-0.1, -0.05) is 23.1 Å². The zero-order valence-electron chi connectivity index (χ0n) is 9.96. The van der Waals surface area contributed by atoms with Crippen LogP contribution < -0.4 is 5.32 Å². The van der Waals surface area contributed by atoms with Crippen molar-refractivity contribution in [1.82, 2.24) is 15.5 Å². The van der Waals surface area contributed by atoms with Gasteiger partial charge in [0.15, 0.2) is 5.82 Å². The lowest BCUT2D eigenvalue weighted by Gasteiger charge is -2.02. The van der Waals surface area contributed by atoms with Crippen LogP contribution in [0.3, 0.4) is 0 Å². The minimum atomic E-state index is -0.252. The largest absolute Gasteiger partial charge is 0.384 e. The summed E-state index contributed by atoms with van der Waals surface area (Å²) in [7, 11) is 0. The van der Waals surface area contributed by atoms with Gasteiger partial charge < -0.3 is 14.9 Å². The van der Waals surface area contributed by atoms with Crippen LogP contribution in [-0.2, 0) is 6.54 Å². The SMILES string of the molecule is O=C(NCc1ncon1)c1cccc(C#CCO)c1. The number of aromatic nitrogens is 2. The molecule has 6 nitrogen and oxygen atoms in total. The zero-order chi connectivity index (χ0) is 13.5.